The number of aromatic amines is 1. The predicted octanol–water partition coefficient (Wildman–Crippen LogP) is 3.53. The number of ketones is 1. The smallest absolute Gasteiger partial charge is 0.290 e. The molecule has 1 aromatic heterocycles. The van der Waals surface area contributed by atoms with Crippen LogP contribution < -0.4 is 0 Å². The number of rotatable bonds is 4. The number of nitrogens with one attached hydrogen (secondary N) is 1. The molecule has 1 heterocycles. The molecule has 132 valence electrons. The zero-order valence-electron chi connectivity index (χ0n) is 15.1. The Hall–Kier alpha value is -1.41. The summed E-state index contributed by atoms with van der Waals surface area (Å²) in [5.41, 5.74) is 5.84. The first-order valence-electron chi connectivity index (χ1n) is 7.34. The maximum Gasteiger partial charge on any atom is 0.290 e. The van der Waals surface area contributed by atoms with Gasteiger partial charge in [0, 0.05) is 38.2 Å². The summed E-state index contributed by atoms with van der Waals surface area (Å²) in [5.74, 6) is -1.06. The Morgan fingerprint density at radius 2 is 1.50 bits per heavy atom. The average molecular weight is 497 g/mol. The first-order valence-corrected chi connectivity index (χ1v) is 7.34. The van der Waals surface area contributed by atoms with E-state index in [1.54, 1.807) is 6.20 Å². The number of carbonyl (C=O) groups is 2. The maximum atomic E-state index is 12.6. The standard InChI is InChI=1S/C18H22N2O2.CH3.W/c1-7-20(8-2)18(22)17(21)14-9-19-16-13(6)11(4)10(3)12(5)15(14)16;;/h9,19H,1-2,7-8H2,3-6H3;1H3;/q-2;-1;. The quantitative estimate of drug-likeness (QED) is 0.400. The van der Waals surface area contributed by atoms with Crippen molar-refractivity contribution in [2.45, 2.75) is 27.7 Å². The molecule has 0 atom stereocenters. The number of carbonyl (C=O) groups excluding carboxylic acids is 2. The summed E-state index contributed by atoms with van der Waals surface area (Å²) in [4.78, 5) is 29.3. The predicted molar refractivity (Wildman–Crippen MR) is 95.3 cm³/mol. The summed E-state index contributed by atoms with van der Waals surface area (Å²) in [7, 11) is 0. The summed E-state index contributed by atoms with van der Waals surface area (Å²) in [6, 6.07) is 0. The van der Waals surface area contributed by atoms with Gasteiger partial charge in [-0.2, -0.15) is 0 Å². The Bertz CT molecular complexity index is 759. The first-order chi connectivity index (χ1) is 10.3. The van der Waals surface area contributed by atoms with Crippen molar-refractivity contribution in [1.29, 1.82) is 0 Å². The number of Topliss-reactive ketones (excluding diaryl/α,β-unsaturated/α-hetero) is 1. The molecule has 0 fully saturated rings. The van der Waals surface area contributed by atoms with Gasteiger partial charge >= 0.3 is 0 Å². The first kappa shape index (κ1) is 22.6. The van der Waals surface area contributed by atoms with E-state index in [2.05, 4.69) is 25.8 Å². The second kappa shape index (κ2) is 8.62. The molecule has 0 saturated carbocycles. The summed E-state index contributed by atoms with van der Waals surface area (Å²) in [6.45, 7) is 15.9. The number of hydrogen-bond donors (Lipinski definition) is 1. The van der Waals surface area contributed by atoms with Crippen LogP contribution in [0.5, 0.6) is 0 Å². The number of aromatic nitrogens is 1. The van der Waals surface area contributed by atoms with Crippen molar-refractivity contribution in [3.63, 3.8) is 0 Å². The van der Waals surface area contributed by atoms with Crippen LogP contribution in [-0.2, 0) is 25.9 Å². The molecule has 5 heteroatoms. The minimum absolute atomic E-state index is 0. The molecule has 0 saturated heterocycles. The van der Waals surface area contributed by atoms with E-state index in [-0.39, 0.29) is 41.6 Å². The summed E-state index contributed by atoms with van der Waals surface area (Å²) < 4.78 is 0. The zero-order chi connectivity index (χ0) is 16.6. The molecule has 1 amide bonds. The third-order valence-corrected chi connectivity index (χ3v) is 4.58. The van der Waals surface area contributed by atoms with E-state index in [0.29, 0.717) is 5.56 Å². The fourth-order valence-corrected chi connectivity index (χ4v) is 2.80. The SMILES string of the molecule is [CH2-]CN(C[CH2-])C(=O)C(=O)c1c[nH]c2c(C)c(C)c(C)c(C)c12.[CH3-].[W]. The minimum Gasteiger partial charge on any atom is -0.396 e. The molecular formula is C19H25N2O2W-3. The Kier molecular flexibility index (Phi) is 8.11. The second-order valence-electron chi connectivity index (χ2n) is 5.57. The summed E-state index contributed by atoms with van der Waals surface area (Å²) >= 11 is 0. The van der Waals surface area contributed by atoms with Crippen molar-refractivity contribution < 1.29 is 30.7 Å². The minimum atomic E-state index is -0.554. The molecule has 4 nitrogen and oxygen atoms in total. The summed E-state index contributed by atoms with van der Waals surface area (Å²) in [5, 5.41) is 0.840. The number of fused-ring (bicyclic) bond motifs is 1. The van der Waals surface area contributed by atoms with E-state index < -0.39 is 11.7 Å². The number of hydrogen-bond acceptors (Lipinski definition) is 2. The van der Waals surface area contributed by atoms with Crippen molar-refractivity contribution >= 4 is 22.6 Å². The Labute approximate surface area is 159 Å². The van der Waals surface area contributed by atoms with E-state index in [0.717, 1.165) is 27.6 Å². The van der Waals surface area contributed by atoms with Crippen LogP contribution in [0.3, 0.4) is 0 Å². The molecule has 1 aromatic carbocycles. The van der Waals surface area contributed by atoms with Gasteiger partial charge in [0.1, 0.15) is 0 Å². The van der Waals surface area contributed by atoms with Gasteiger partial charge in [-0.1, -0.05) is 0 Å². The fourth-order valence-electron chi connectivity index (χ4n) is 2.80. The van der Waals surface area contributed by atoms with Crippen molar-refractivity contribution in [3.05, 3.63) is 55.3 Å². The molecule has 0 unspecified atom stereocenters. The molecule has 2 rings (SSSR count). The molecule has 0 aliphatic carbocycles. The Balaban J connectivity index is 0.00000264. The van der Waals surface area contributed by atoms with Crippen LogP contribution in [0.2, 0.25) is 0 Å². The van der Waals surface area contributed by atoms with Crippen LogP contribution in [0, 0.1) is 49.0 Å². The number of H-pyrrole nitrogens is 1. The normalized spacial score (nSPS) is 10.1. The van der Waals surface area contributed by atoms with Gasteiger partial charge < -0.3 is 31.2 Å². The van der Waals surface area contributed by atoms with E-state index in [4.69, 9.17) is 0 Å². The maximum absolute atomic E-state index is 12.6. The van der Waals surface area contributed by atoms with Gasteiger partial charge in [0.05, 0.1) is 5.56 Å². The van der Waals surface area contributed by atoms with Crippen LogP contribution in [0.1, 0.15) is 32.6 Å². The topological polar surface area (TPSA) is 53.2 Å². The van der Waals surface area contributed by atoms with E-state index in [1.165, 1.54) is 10.5 Å². The molecule has 0 bridgehead atoms. The van der Waals surface area contributed by atoms with E-state index in [1.807, 2.05) is 20.8 Å². The van der Waals surface area contributed by atoms with Gasteiger partial charge in [-0.3, -0.25) is 9.59 Å². The average Bonchev–Trinajstić information content (AvgIpc) is 2.96. The van der Waals surface area contributed by atoms with Gasteiger partial charge in [-0.05, 0) is 49.9 Å². The van der Waals surface area contributed by atoms with Gasteiger partial charge in [-0.15, -0.1) is 13.1 Å². The Morgan fingerprint density at radius 3 is 2.00 bits per heavy atom. The summed E-state index contributed by atoms with van der Waals surface area (Å²) in [6.07, 6.45) is 1.63. The van der Waals surface area contributed by atoms with E-state index >= 15 is 0 Å². The van der Waals surface area contributed by atoms with Crippen molar-refractivity contribution in [2.24, 2.45) is 0 Å². The number of aryl methyl sites for hydroxylation is 2. The number of benzene rings is 1. The van der Waals surface area contributed by atoms with Crippen molar-refractivity contribution in [3.8, 4) is 0 Å². The van der Waals surface area contributed by atoms with Crippen LogP contribution in [0.15, 0.2) is 6.20 Å². The molecule has 24 heavy (non-hydrogen) atoms. The van der Waals surface area contributed by atoms with Gasteiger partial charge in [0.25, 0.3) is 11.7 Å². The van der Waals surface area contributed by atoms with Crippen LogP contribution in [0.25, 0.3) is 10.9 Å². The van der Waals surface area contributed by atoms with Crippen LogP contribution >= 0.6 is 0 Å². The monoisotopic (exact) mass is 497 g/mol. The molecule has 0 aliphatic heterocycles. The van der Waals surface area contributed by atoms with Crippen molar-refractivity contribution in [2.75, 3.05) is 13.1 Å². The molecule has 2 aromatic rings. The largest absolute Gasteiger partial charge is 0.396 e. The zero-order valence-corrected chi connectivity index (χ0v) is 18.0. The second-order valence-corrected chi connectivity index (χ2v) is 5.57. The molecule has 0 aliphatic rings. The molecule has 1 N–H and O–H groups in total. The van der Waals surface area contributed by atoms with Gasteiger partial charge in [0.15, 0.2) is 0 Å². The number of nitrogens with zero attached hydrogens (tertiary/aromatic N) is 1. The van der Waals surface area contributed by atoms with Gasteiger partial charge in [0.2, 0.25) is 0 Å². The fraction of sp³-hybridized carbons (Fsp3) is 0.316. The van der Waals surface area contributed by atoms with Crippen LogP contribution in [0.4, 0.5) is 0 Å². The van der Waals surface area contributed by atoms with Crippen LogP contribution in [-0.4, -0.2) is 34.7 Å². The Morgan fingerprint density at radius 1 is 1.00 bits per heavy atom. The third-order valence-electron chi connectivity index (χ3n) is 4.58. The third kappa shape index (κ3) is 3.49. The van der Waals surface area contributed by atoms with Gasteiger partial charge in [-0.25, -0.2) is 0 Å². The van der Waals surface area contributed by atoms with E-state index in [9.17, 15) is 9.59 Å². The van der Waals surface area contributed by atoms with Crippen molar-refractivity contribution in [1.82, 2.24) is 9.88 Å². The number of amides is 1. The molecular weight excluding hydrogens is 472 g/mol. The molecule has 0 radical (unpaired) electrons. The molecule has 0 spiro atoms.